The van der Waals surface area contributed by atoms with Gasteiger partial charge in [-0.1, -0.05) is 36.3 Å². The number of nitrogens with zero attached hydrogens (tertiary/aromatic N) is 3. The molecule has 0 aliphatic heterocycles. The third kappa shape index (κ3) is 4.56. The van der Waals surface area contributed by atoms with Crippen molar-refractivity contribution in [1.82, 2.24) is 20.3 Å². The monoisotopic (exact) mass is 284 g/mol. The van der Waals surface area contributed by atoms with E-state index < -0.39 is 0 Å². The minimum atomic E-state index is -0.103. The van der Waals surface area contributed by atoms with Gasteiger partial charge in [0.2, 0.25) is 5.91 Å². The van der Waals surface area contributed by atoms with Crippen LogP contribution < -0.4 is 5.32 Å². The lowest BCUT2D eigenvalue weighted by Gasteiger charge is -1.99. The van der Waals surface area contributed by atoms with Crippen LogP contribution in [0.1, 0.15) is 31.0 Å². The second kappa shape index (κ2) is 7.38. The Kier molecular flexibility index (Phi) is 5.26. The molecule has 5 heteroatoms. The average molecular weight is 284 g/mol. The topological polar surface area (TPSA) is 59.8 Å². The Morgan fingerprint density at radius 1 is 1.33 bits per heavy atom. The molecule has 0 unspecified atom stereocenters. The van der Waals surface area contributed by atoms with Crippen LogP contribution in [0.2, 0.25) is 0 Å². The van der Waals surface area contributed by atoms with Crippen LogP contribution in [0.3, 0.4) is 0 Å². The van der Waals surface area contributed by atoms with Gasteiger partial charge in [-0.2, -0.15) is 0 Å². The number of carbonyl (C=O) groups excluding carboxylic acids is 1. The van der Waals surface area contributed by atoms with Gasteiger partial charge in [0.15, 0.2) is 0 Å². The number of hydrogen-bond donors (Lipinski definition) is 1. The molecule has 0 atom stereocenters. The summed E-state index contributed by atoms with van der Waals surface area (Å²) in [5.41, 5.74) is 2.80. The number of aryl methyl sites for hydroxylation is 1. The fraction of sp³-hybridized carbons (Fsp3) is 0.312. The minimum absolute atomic E-state index is 0.103. The van der Waals surface area contributed by atoms with Crippen LogP contribution in [0.25, 0.3) is 11.8 Å². The fourth-order valence-electron chi connectivity index (χ4n) is 1.79. The number of amides is 1. The van der Waals surface area contributed by atoms with Gasteiger partial charge in [-0.3, -0.25) is 4.79 Å². The molecule has 0 radical (unpaired) electrons. The van der Waals surface area contributed by atoms with Crippen molar-refractivity contribution in [1.29, 1.82) is 0 Å². The Morgan fingerprint density at radius 3 is 2.81 bits per heavy atom. The van der Waals surface area contributed by atoms with E-state index >= 15 is 0 Å². The molecule has 1 aromatic heterocycles. The van der Waals surface area contributed by atoms with Crippen molar-refractivity contribution in [2.45, 2.75) is 26.7 Å². The summed E-state index contributed by atoms with van der Waals surface area (Å²) in [6.07, 6.45) is 7.00. The van der Waals surface area contributed by atoms with Crippen LogP contribution in [0.15, 0.2) is 36.5 Å². The molecular formula is C16H20N4O. The van der Waals surface area contributed by atoms with E-state index in [-0.39, 0.29) is 5.91 Å². The predicted octanol–water partition coefficient (Wildman–Crippen LogP) is 2.51. The van der Waals surface area contributed by atoms with E-state index in [0.717, 1.165) is 18.5 Å². The number of rotatable bonds is 6. The van der Waals surface area contributed by atoms with Crippen molar-refractivity contribution in [3.05, 3.63) is 47.8 Å². The maximum Gasteiger partial charge on any atom is 0.244 e. The number of nitrogens with one attached hydrogen (secondary N) is 1. The number of aromatic nitrogens is 3. The van der Waals surface area contributed by atoms with Crippen molar-refractivity contribution in [3.63, 3.8) is 0 Å². The molecule has 1 heterocycles. The van der Waals surface area contributed by atoms with Gasteiger partial charge < -0.3 is 5.32 Å². The summed E-state index contributed by atoms with van der Waals surface area (Å²) in [6.45, 7) is 4.83. The molecule has 0 aliphatic carbocycles. The molecule has 1 aromatic carbocycles. The summed E-state index contributed by atoms with van der Waals surface area (Å²) in [5, 5.41) is 10.9. The molecule has 21 heavy (non-hydrogen) atoms. The van der Waals surface area contributed by atoms with Crippen molar-refractivity contribution >= 4 is 12.0 Å². The van der Waals surface area contributed by atoms with Crippen LogP contribution in [-0.2, 0) is 4.79 Å². The Labute approximate surface area is 124 Å². The SMILES string of the molecule is CCCCNC(=O)/C=C\c1cn(-c2ccc(C)cc2)nn1. The lowest BCUT2D eigenvalue weighted by Crippen LogP contribution is -2.21. The third-order valence-corrected chi connectivity index (χ3v) is 3.04. The van der Waals surface area contributed by atoms with Gasteiger partial charge in [0, 0.05) is 12.6 Å². The second-order valence-corrected chi connectivity index (χ2v) is 4.90. The Morgan fingerprint density at radius 2 is 2.10 bits per heavy atom. The number of benzene rings is 1. The molecule has 1 amide bonds. The molecule has 0 aliphatic rings. The lowest BCUT2D eigenvalue weighted by molar-refractivity contribution is -0.116. The lowest BCUT2D eigenvalue weighted by atomic mass is 10.2. The van der Waals surface area contributed by atoms with Crippen LogP contribution >= 0.6 is 0 Å². The van der Waals surface area contributed by atoms with Crippen LogP contribution in [0, 0.1) is 6.92 Å². The summed E-state index contributed by atoms with van der Waals surface area (Å²) in [6, 6.07) is 8.01. The first-order valence-corrected chi connectivity index (χ1v) is 7.14. The van der Waals surface area contributed by atoms with Gasteiger partial charge in [0.05, 0.1) is 11.9 Å². The number of carbonyl (C=O) groups is 1. The summed E-state index contributed by atoms with van der Waals surface area (Å²) >= 11 is 0. The molecule has 0 spiro atoms. The maximum atomic E-state index is 11.6. The van der Waals surface area contributed by atoms with Gasteiger partial charge in [0.1, 0.15) is 5.69 Å². The predicted molar refractivity (Wildman–Crippen MR) is 83.0 cm³/mol. The quantitative estimate of drug-likeness (QED) is 0.655. The molecule has 110 valence electrons. The molecule has 0 saturated heterocycles. The highest BCUT2D eigenvalue weighted by Gasteiger charge is 2.01. The highest BCUT2D eigenvalue weighted by atomic mass is 16.1. The standard InChI is InChI=1S/C16H20N4O/c1-3-4-11-17-16(21)10-7-14-12-20(19-18-14)15-8-5-13(2)6-9-15/h5-10,12H,3-4,11H2,1-2H3,(H,17,21)/b10-7-. The summed E-state index contributed by atoms with van der Waals surface area (Å²) in [7, 11) is 0. The number of hydrogen-bond acceptors (Lipinski definition) is 3. The molecule has 2 rings (SSSR count). The summed E-state index contributed by atoms with van der Waals surface area (Å²) < 4.78 is 1.69. The van der Waals surface area contributed by atoms with Crippen LogP contribution in [0.5, 0.6) is 0 Å². The fourth-order valence-corrected chi connectivity index (χ4v) is 1.79. The molecule has 0 bridgehead atoms. The van der Waals surface area contributed by atoms with Crippen molar-refractivity contribution in [2.75, 3.05) is 6.54 Å². The van der Waals surface area contributed by atoms with Gasteiger partial charge in [-0.15, -0.1) is 5.10 Å². The van der Waals surface area contributed by atoms with Crippen molar-refractivity contribution in [3.8, 4) is 5.69 Å². The highest BCUT2D eigenvalue weighted by Crippen LogP contribution is 2.08. The summed E-state index contributed by atoms with van der Waals surface area (Å²) in [4.78, 5) is 11.6. The Bertz CT molecular complexity index is 613. The van der Waals surface area contributed by atoms with E-state index in [1.165, 1.54) is 11.6 Å². The van der Waals surface area contributed by atoms with Gasteiger partial charge in [-0.05, 0) is 31.6 Å². The molecule has 2 aromatic rings. The highest BCUT2D eigenvalue weighted by molar-refractivity contribution is 5.91. The van der Waals surface area contributed by atoms with E-state index in [9.17, 15) is 4.79 Å². The van der Waals surface area contributed by atoms with E-state index in [4.69, 9.17) is 0 Å². The largest absolute Gasteiger partial charge is 0.353 e. The van der Waals surface area contributed by atoms with Crippen molar-refractivity contribution in [2.24, 2.45) is 0 Å². The first-order chi connectivity index (χ1) is 10.2. The minimum Gasteiger partial charge on any atom is -0.353 e. The normalized spacial score (nSPS) is 11.0. The van der Waals surface area contributed by atoms with Gasteiger partial charge in [-0.25, -0.2) is 4.68 Å². The van der Waals surface area contributed by atoms with E-state index in [1.54, 1.807) is 17.0 Å². The van der Waals surface area contributed by atoms with E-state index in [0.29, 0.717) is 12.2 Å². The molecule has 5 nitrogen and oxygen atoms in total. The molecular weight excluding hydrogens is 264 g/mol. The zero-order valence-corrected chi connectivity index (χ0v) is 12.4. The smallest absolute Gasteiger partial charge is 0.244 e. The number of unbranched alkanes of at least 4 members (excludes halogenated alkanes) is 1. The summed E-state index contributed by atoms with van der Waals surface area (Å²) in [5.74, 6) is -0.103. The van der Waals surface area contributed by atoms with Crippen LogP contribution in [-0.4, -0.2) is 27.4 Å². The molecule has 1 N–H and O–H groups in total. The van der Waals surface area contributed by atoms with E-state index in [1.807, 2.05) is 31.2 Å². The Balaban J connectivity index is 1.96. The average Bonchev–Trinajstić information content (AvgIpc) is 2.95. The second-order valence-electron chi connectivity index (χ2n) is 4.90. The van der Waals surface area contributed by atoms with Crippen LogP contribution in [0.4, 0.5) is 0 Å². The third-order valence-electron chi connectivity index (χ3n) is 3.04. The zero-order valence-electron chi connectivity index (χ0n) is 12.4. The van der Waals surface area contributed by atoms with Crippen molar-refractivity contribution < 1.29 is 4.79 Å². The first-order valence-electron chi connectivity index (χ1n) is 7.14. The zero-order chi connectivity index (χ0) is 15.1. The van der Waals surface area contributed by atoms with Gasteiger partial charge >= 0.3 is 0 Å². The first kappa shape index (κ1) is 15.0. The van der Waals surface area contributed by atoms with Gasteiger partial charge in [0.25, 0.3) is 0 Å². The Hall–Kier alpha value is -2.43. The molecule has 0 fully saturated rings. The molecule has 0 saturated carbocycles. The van der Waals surface area contributed by atoms with E-state index in [2.05, 4.69) is 22.6 Å². The maximum absolute atomic E-state index is 11.6.